The van der Waals surface area contributed by atoms with Crippen molar-refractivity contribution in [1.82, 2.24) is 9.97 Å². The molecule has 0 spiro atoms. The first kappa shape index (κ1) is 13.2. The van der Waals surface area contributed by atoms with Gasteiger partial charge in [-0.15, -0.1) is 0 Å². The number of aromatic amines is 1. The van der Waals surface area contributed by atoms with Gasteiger partial charge in [-0.2, -0.15) is 0 Å². The van der Waals surface area contributed by atoms with Gasteiger partial charge in [0.1, 0.15) is 0 Å². The topological polar surface area (TPSA) is 45.8 Å². The molecule has 5 heteroatoms. The van der Waals surface area contributed by atoms with Crippen LogP contribution in [0.5, 0.6) is 0 Å². The Kier molecular flexibility index (Phi) is 4.09. The fourth-order valence-electron chi connectivity index (χ4n) is 1.68. The smallest absolute Gasteiger partial charge is 0.174 e. The maximum absolute atomic E-state index is 12.0. The summed E-state index contributed by atoms with van der Waals surface area (Å²) >= 11 is 7.17. The predicted molar refractivity (Wildman–Crippen MR) is 74.6 cm³/mol. The van der Waals surface area contributed by atoms with Crippen LogP contribution in [0.1, 0.15) is 21.7 Å². The fourth-order valence-corrected chi connectivity index (χ4v) is 2.52. The van der Waals surface area contributed by atoms with Gasteiger partial charge < -0.3 is 4.98 Å². The van der Waals surface area contributed by atoms with Crippen LogP contribution in [0, 0.1) is 13.8 Å². The lowest BCUT2D eigenvalue weighted by molar-refractivity contribution is 0.102. The summed E-state index contributed by atoms with van der Waals surface area (Å²) in [6.45, 7) is 3.85. The van der Waals surface area contributed by atoms with E-state index in [1.165, 1.54) is 11.8 Å². The Balaban J connectivity index is 2.00. The fraction of sp³-hybridized carbons (Fsp3) is 0.231. The molecule has 2 aromatic heterocycles. The Hall–Kier alpha value is -1.26. The van der Waals surface area contributed by atoms with E-state index in [1.54, 1.807) is 12.3 Å². The van der Waals surface area contributed by atoms with E-state index in [2.05, 4.69) is 9.97 Å². The maximum atomic E-state index is 12.0. The maximum Gasteiger partial charge on any atom is 0.174 e. The molecule has 2 aromatic rings. The van der Waals surface area contributed by atoms with E-state index in [9.17, 15) is 4.79 Å². The van der Waals surface area contributed by atoms with E-state index in [0.717, 1.165) is 22.0 Å². The number of carbonyl (C=O) groups is 1. The minimum Gasteiger partial charge on any atom is -0.362 e. The first-order valence-corrected chi connectivity index (χ1v) is 6.86. The normalized spacial score (nSPS) is 10.6. The van der Waals surface area contributed by atoms with Crippen molar-refractivity contribution in [3.63, 3.8) is 0 Å². The summed E-state index contributed by atoms with van der Waals surface area (Å²) in [5.41, 5.74) is 2.68. The molecule has 0 amide bonds. The Bertz CT molecular complexity index is 563. The molecule has 0 aliphatic rings. The first-order chi connectivity index (χ1) is 8.56. The zero-order valence-electron chi connectivity index (χ0n) is 10.2. The monoisotopic (exact) mass is 280 g/mol. The van der Waals surface area contributed by atoms with Crippen molar-refractivity contribution in [2.45, 2.75) is 18.9 Å². The molecule has 0 fully saturated rings. The highest BCUT2D eigenvalue weighted by Gasteiger charge is 2.12. The van der Waals surface area contributed by atoms with Gasteiger partial charge in [-0.05, 0) is 32.0 Å². The van der Waals surface area contributed by atoms with Gasteiger partial charge in [0, 0.05) is 23.1 Å². The van der Waals surface area contributed by atoms with E-state index in [4.69, 9.17) is 11.6 Å². The van der Waals surface area contributed by atoms with Gasteiger partial charge in [-0.3, -0.25) is 4.79 Å². The second kappa shape index (κ2) is 5.59. The quantitative estimate of drug-likeness (QED) is 0.687. The lowest BCUT2D eigenvalue weighted by Crippen LogP contribution is -2.03. The lowest BCUT2D eigenvalue weighted by Gasteiger charge is -2.00. The Morgan fingerprint density at radius 1 is 1.44 bits per heavy atom. The van der Waals surface area contributed by atoms with Crippen molar-refractivity contribution in [2.75, 3.05) is 5.75 Å². The van der Waals surface area contributed by atoms with E-state index < -0.39 is 0 Å². The van der Waals surface area contributed by atoms with E-state index >= 15 is 0 Å². The highest BCUT2D eigenvalue weighted by molar-refractivity contribution is 7.99. The third-order valence-corrected chi connectivity index (χ3v) is 3.67. The molecule has 0 aliphatic carbocycles. The van der Waals surface area contributed by atoms with Crippen LogP contribution in [0.4, 0.5) is 0 Å². The average Bonchev–Trinajstić information content (AvgIpc) is 2.67. The number of ketones is 1. The molecule has 0 atom stereocenters. The molecule has 1 N–H and O–H groups in total. The Labute approximate surface area is 115 Å². The van der Waals surface area contributed by atoms with Gasteiger partial charge in [0.25, 0.3) is 0 Å². The molecule has 18 heavy (non-hydrogen) atoms. The molecule has 0 unspecified atom stereocenters. The summed E-state index contributed by atoms with van der Waals surface area (Å²) in [5.74, 6) is 0.492. The molecular formula is C13H13ClN2OS. The number of hydrogen-bond acceptors (Lipinski definition) is 3. The van der Waals surface area contributed by atoms with Crippen LogP contribution >= 0.6 is 23.4 Å². The third-order valence-electron chi connectivity index (χ3n) is 2.50. The van der Waals surface area contributed by atoms with E-state index in [-0.39, 0.29) is 5.78 Å². The number of thioether (sulfide) groups is 1. The van der Waals surface area contributed by atoms with Crippen LogP contribution in [-0.2, 0) is 0 Å². The van der Waals surface area contributed by atoms with Crippen molar-refractivity contribution in [3.05, 3.63) is 46.4 Å². The second-order valence-electron chi connectivity index (χ2n) is 4.02. The van der Waals surface area contributed by atoms with Gasteiger partial charge in [0.15, 0.2) is 5.78 Å². The van der Waals surface area contributed by atoms with Crippen LogP contribution in [0.2, 0.25) is 5.02 Å². The SMILES string of the molecule is Cc1cc(C(=O)CSc2ccc(Cl)cn2)c(C)[nH]1. The second-order valence-corrected chi connectivity index (χ2v) is 5.45. The zero-order valence-corrected chi connectivity index (χ0v) is 11.7. The number of pyridine rings is 1. The van der Waals surface area contributed by atoms with E-state index in [0.29, 0.717) is 10.8 Å². The Morgan fingerprint density at radius 2 is 2.22 bits per heavy atom. The van der Waals surface area contributed by atoms with Crippen molar-refractivity contribution >= 4 is 29.1 Å². The summed E-state index contributed by atoms with van der Waals surface area (Å²) in [7, 11) is 0. The van der Waals surface area contributed by atoms with Crippen molar-refractivity contribution in [1.29, 1.82) is 0 Å². The van der Waals surface area contributed by atoms with Crippen molar-refractivity contribution in [2.24, 2.45) is 0 Å². The summed E-state index contributed by atoms with van der Waals surface area (Å²) in [6, 6.07) is 5.47. The predicted octanol–water partition coefficient (Wildman–Crippen LogP) is 3.65. The number of hydrogen-bond donors (Lipinski definition) is 1. The largest absolute Gasteiger partial charge is 0.362 e. The lowest BCUT2D eigenvalue weighted by atomic mass is 10.2. The van der Waals surface area contributed by atoms with Gasteiger partial charge >= 0.3 is 0 Å². The Morgan fingerprint density at radius 3 is 2.78 bits per heavy atom. The summed E-state index contributed by atoms with van der Waals surface area (Å²) in [5, 5.41) is 1.40. The minimum absolute atomic E-state index is 0.110. The molecule has 0 bridgehead atoms. The van der Waals surface area contributed by atoms with Crippen LogP contribution in [0.3, 0.4) is 0 Å². The number of aromatic nitrogens is 2. The first-order valence-electron chi connectivity index (χ1n) is 5.50. The number of Topliss-reactive ketones (excluding diaryl/α,β-unsaturated/α-hetero) is 1. The molecule has 0 aliphatic heterocycles. The highest BCUT2D eigenvalue weighted by Crippen LogP contribution is 2.20. The molecule has 0 saturated carbocycles. The van der Waals surface area contributed by atoms with Crippen molar-refractivity contribution in [3.8, 4) is 0 Å². The number of carbonyl (C=O) groups excluding carboxylic acids is 1. The molecule has 94 valence electrons. The average molecular weight is 281 g/mol. The molecule has 0 aromatic carbocycles. The molecule has 2 heterocycles. The number of H-pyrrole nitrogens is 1. The van der Waals surface area contributed by atoms with Gasteiger partial charge in [-0.25, -0.2) is 4.98 Å². The van der Waals surface area contributed by atoms with Crippen LogP contribution in [0.15, 0.2) is 29.4 Å². The number of halogens is 1. The molecule has 3 nitrogen and oxygen atoms in total. The standard InChI is InChI=1S/C13H13ClN2OS/c1-8-5-11(9(2)16-8)12(17)7-18-13-4-3-10(14)6-15-13/h3-6,16H,7H2,1-2H3. The summed E-state index contributed by atoms with van der Waals surface area (Å²) in [6.07, 6.45) is 1.58. The molecule has 0 saturated heterocycles. The number of nitrogens with zero attached hydrogens (tertiary/aromatic N) is 1. The zero-order chi connectivity index (χ0) is 13.1. The minimum atomic E-state index is 0.110. The van der Waals surface area contributed by atoms with Crippen LogP contribution < -0.4 is 0 Å². The number of nitrogens with one attached hydrogen (secondary N) is 1. The van der Waals surface area contributed by atoms with Crippen LogP contribution in [0.25, 0.3) is 0 Å². The number of aryl methyl sites for hydroxylation is 2. The molecule has 0 radical (unpaired) electrons. The van der Waals surface area contributed by atoms with E-state index in [1.807, 2.05) is 26.0 Å². The van der Waals surface area contributed by atoms with Gasteiger partial charge in [-0.1, -0.05) is 23.4 Å². The van der Waals surface area contributed by atoms with Crippen molar-refractivity contribution < 1.29 is 4.79 Å². The molecular weight excluding hydrogens is 268 g/mol. The molecule has 2 rings (SSSR count). The highest BCUT2D eigenvalue weighted by atomic mass is 35.5. The summed E-state index contributed by atoms with van der Waals surface area (Å²) in [4.78, 5) is 19.3. The number of rotatable bonds is 4. The van der Waals surface area contributed by atoms with Crippen LogP contribution in [-0.4, -0.2) is 21.5 Å². The summed E-state index contributed by atoms with van der Waals surface area (Å²) < 4.78 is 0. The third kappa shape index (κ3) is 3.15. The van der Waals surface area contributed by atoms with Gasteiger partial charge in [0.05, 0.1) is 15.8 Å². The van der Waals surface area contributed by atoms with Gasteiger partial charge in [0.2, 0.25) is 0 Å².